The summed E-state index contributed by atoms with van der Waals surface area (Å²) in [7, 11) is 0. The maximum absolute atomic E-state index is 13.1. The smallest absolute Gasteiger partial charge is 0.241 e. The monoisotopic (exact) mass is 425 g/mol. The molecule has 0 spiro atoms. The van der Waals surface area contributed by atoms with Gasteiger partial charge in [0.25, 0.3) is 0 Å². The molecule has 0 saturated carbocycles. The van der Waals surface area contributed by atoms with E-state index in [0.29, 0.717) is 5.02 Å². The van der Waals surface area contributed by atoms with Crippen LogP contribution in [0.3, 0.4) is 0 Å². The number of halogens is 1. The first-order valence-electron chi connectivity index (χ1n) is 10.2. The summed E-state index contributed by atoms with van der Waals surface area (Å²) >= 11 is 8.52. The molecule has 1 aromatic rings. The highest BCUT2D eigenvalue weighted by Crippen LogP contribution is 2.31. The summed E-state index contributed by atoms with van der Waals surface area (Å²) in [4.78, 5) is 17.7. The molecule has 2 aliphatic rings. The van der Waals surface area contributed by atoms with E-state index in [1.807, 2.05) is 30.0 Å². The van der Waals surface area contributed by atoms with Crippen LogP contribution in [0.5, 0.6) is 0 Å². The Morgan fingerprint density at radius 1 is 1.21 bits per heavy atom. The van der Waals surface area contributed by atoms with Gasteiger partial charge in [0.2, 0.25) is 5.91 Å². The number of amides is 1. The van der Waals surface area contributed by atoms with E-state index in [0.717, 1.165) is 49.1 Å². The lowest BCUT2D eigenvalue weighted by molar-refractivity contribution is -0.130. The second kappa shape index (κ2) is 9.70. The van der Waals surface area contributed by atoms with Crippen LogP contribution < -0.4 is 10.2 Å². The zero-order chi connectivity index (χ0) is 20.3. The zero-order valence-electron chi connectivity index (χ0n) is 17.3. The Hall–Kier alpha value is -0.950. The van der Waals surface area contributed by atoms with Crippen molar-refractivity contribution in [3.63, 3.8) is 0 Å². The third kappa shape index (κ3) is 5.35. The Kier molecular flexibility index (Phi) is 7.54. The van der Waals surface area contributed by atoms with Gasteiger partial charge < -0.3 is 15.0 Å². The molecule has 2 aliphatic heterocycles. The molecule has 28 heavy (non-hydrogen) atoms. The minimum atomic E-state index is -0.189. The maximum atomic E-state index is 13.1. The van der Waals surface area contributed by atoms with Crippen LogP contribution in [-0.2, 0) is 9.53 Å². The number of rotatable bonds is 5. The van der Waals surface area contributed by atoms with Gasteiger partial charge in [0.1, 0.15) is 0 Å². The number of morpholine rings is 1. The molecule has 3 atom stereocenters. The number of hydrogen-bond acceptors (Lipinski definition) is 5. The van der Waals surface area contributed by atoms with Gasteiger partial charge in [-0.15, -0.1) is 0 Å². The standard InChI is InChI=1S/C21H32ClN3O2S/c1-14(2)20(25-12-15(3)27-16(4)13-25)21(26)23-17-5-6-19(18(22)11-17)24-7-9-28-10-8-24/h5-6,11,14-16,20H,7-10,12-13H2,1-4H3,(H,23,26). The van der Waals surface area contributed by atoms with E-state index in [4.69, 9.17) is 16.3 Å². The first-order chi connectivity index (χ1) is 13.3. The first kappa shape index (κ1) is 21.8. The molecule has 2 saturated heterocycles. The first-order valence-corrected chi connectivity index (χ1v) is 11.7. The zero-order valence-corrected chi connectivity index (χ0v) is 18.9. The van der Waals surface area contributed by atoms with E-state index in [2.05, 4.69) is 42.8 Å². The van der Waals surface area contributed by atoms with Crippen LogP contribution >= 0.6 is 23.4 Å². The molecule has 0 bridgehead atoms. The molecule has 2 fully saturated rings. The van der Waals surface area contributed by atoms with Gasteiger partial charge in [0, 0.05) is 43.4 Å². The van der Waals surface area contributed by atoms with E-state index in [9.17, 15) is 4.79 Å². The van der Waals surface area contributed by atoms with E-state index < -0.39 is 0 Å². The summed E-state index contributed by atoms with van der Waals surface area (Å²) in [5.41, 5.74) is 1.81. The van der Waals surface area contributed by atoms with Gasteiger partial charge in [0.15, 0.2) is 0 Å². The van der Waals surface area contributed by atoms with Crippen LogP contribution in [-0.4, -0.2) is 66.7 Å². The Morgan fingerprint density at radius 3 is 2.43 bits per heavy atom. The van der Waals surface area contributed by atoms with Crippen LogP contribution in [0.15, 0.2) is 18.2 Å². The Labute approximate surface area is 178 Å². The van der Waals surface area contributed by atoms with Crippen molar-refractivity contribution < 1.29 is 9.53 Å². The molecule has 156 valence electrons. The van der Waals surface area contributed by atoms with Crippen molar-refractivity contribution in [3.05, 3.63) is 23.2 Å². The van der Waals surface area contributed by atoms with Crippen molar-refractivity contribution >= 4 is 40.6 Å². The quantitative estimate of drug-likeness (QED) is 0.773. The van der Waals surface area contributed by atoms with E-state index in [-0.39, 0.29) is 30.1 Å². The summed E-state index contributed by atoms with van der Waals surface area (Å²) in [6.45, 7) is 11.9. The van der Waals surface area contributed by atoms with Gasteiger partial charge in [0.05, 0.1) is 29.0 Å². The molecule has 5 nitrogen and oxygen atoms in total. The molecule has 3 rings (SSSR count). The number of anilines is 2. The van der Waals surface area contributed by atoms with Gasteiger partial charge in [-0.3, -0.25) is 9.69 Å². The SMILES string of the molecule is CC1CN(C(C(=O)Nc2ccc(N3CCSCC3)c(Cl)c2)C(C)C)CC(C)O1. The van der Waals surface area contributed by atoms with Crippen LogP contribution in [0.4, 0.5) is 11.4 Å². The van der Waals surface area contributed by atoms with E-state index >= 15 is 0 Å². The number of nitrogens with one attached hydrogen (secondary N) is 1. The van der Waals surface area contributed by atoms with Crippen molar-refractivity contribution in [1.82, 2.24) is 4.90 Å². The molecule has 1 aromatic carbocycles. The van der Waals surface area contributed by atoms with Crippen LogP contribution in [0.2, 0.25) is 5.02 Å². The van der Waals surface area contributed by atoms with Crippen LogP contribution in [0.1, 0.15) is 27.7 Å². The highest BCUT2D eigenvalue weighted by Gasteiger charge is 2.34. The highest BCUT2D eigenvalue weighted by atomic mass is 35.5. The fourth-order valence-corrected chi connectivity index (χ4v) is 5.40. The lowest BCUT2D eigenvalue weighted by atomic mass is 9.99. The van der Waals surface area contributed by atoms with Gasteiger partial charge in [-0.05, 0) is 38.0 Å². The molecular formula is C21H32ClN3O2S. The number of carbonyl (C=O) groups is 1. The summed E-state index contributed by atoms with van der Waals surface area (Å²) in [5, 5.41) is 3.79. The molecule has 0 radical (unpaired) electrons. The van der Waals surface area contributed by atoms with Crippen LogP contribution in [0, 0.1) is 5.92 Å². The molecule has 0 aromatic heterocycles. The largest absolute Gasteiger partial charge is 0.373 e. The third-order valence-electron chi connectivity index (χ3n) is 5.31. The van der Waals surface area contributed by atoms with Crippen molar-refractivity contribution in [2.45, 2.75) is 45.9 Å². The number of thioether (sulfide) groups is 1. The third-order valence-corrected chi connectivity index (χ3v) is 6.55. The topological polar surface area (TPSA) is 44.8 Å². The fourth-order valence-electron chi connectivity index (χ4n) is 4.20. The molecule has 1 N–H and O–H groups in total. The van der Waals surface area contributed by atoms with Gasteiger partial charge in [-0.25, -0.2) is 0 Å². The minimum Gasteiger partial charge on any atom is -0.373 e. The van der Waals surface area contributed by atoms with E-state index in [1.165, 1.54) is 0 Å². The summed E-state index contributed by atoms with van der Waals surface area (Å²) in [6, 6.07) is 5.67. The predicted octanol–water partition coefficient (Wildman–Crippen LogP) is 3.97. The number of benzene rings is 1. The minimum absolute atomic E-state index is 0.0227. The number of carbonyl (C=O) groups excluding carboxylic acids is 1. The van der Waals surface area contributed by atoms with Crippen molar-refractivity contribution in [2.24, 2.45) is 5.92 Å². The summed E-state index contributed by atoms with van der Waals surface area (Å²) in [5.74, 6) is 2.48. The van der Waals surface area contributed by atoms with E-state index in [1.54, 1.807) is 0 Å². The average Bonchev–Trinajstić information content (AvgIpc) is 2.61. The lowest BCUT2D eigenvalue weighted by Gasteiger charge is -2.41. The number of hydrogen-bond donors (Lipinski definition) is 1. The molecule has 1 amide bonds. The van der Waals surface area contributed by atoms with Crippen molar-refractivity contribution in [2.75, 3.05) is 47.9 Å². The molecule has 7 heteroatoms. The predicted molar refractivity (Wildman–Crippen MR) is 120 cm³/mol. The number of ether oxygens (including phenoxy) is 1. The molecular weight excluding hydrogens is 394 g/mol. The van der Waals surface area contributed by atoms with Gasteiger partial charge in [-0.2, -0.15) is 11.8 Å². The Balaban J connectivity index is 1.70. The second-order valence-corrected chi connectivity index (χ2v) is 9.79. The lowest BCUT2D eigenvalue weighted by Crippen LogP contribution is -2.55. The highest BCUT2D eigenvalue weighted by molar-refractivity contribution is 7.99. The van der Waals surface area contributed by atoms with Gasteiger partial charge in [-0.1, -0.05) is 25.4 Å². The van der Waals surface area contributed by atoms with Gasteiger partial charge >= 0.3 is 0 Å². The summed E-state index contributed by atoms with van der Waals surface area (Å²) < 4.78 is 5.83. The summed E-state index contributed by atoms with van der Waals surface area (Å²) in [6.07, 6.45) is 0.267. The molecule has 0 aliphatic carbocycles. The Morgan fingerprint density at radius 2 is 1.86 bits per heavy atom. The van der Waals surface area contributed by atoms with Crippen molar-refractivity contribution in [3.8, 4) is 0 Å². The number of nitrogens with zero attached hydrogens (tertiary/aromatic N) is 2. The van der Waals surface area contributed by atoms with Crippen molar-refractivity contribution in [1.29, 1.82) is 0 Å². The van der Waals surface area contributed by atoms with Crippen LogP contribution in [0.25, 0.3) is 0 Å². The Bertz CT molecular complexity index is 672. The fraction of sp³-hybridized carbons (Fsp3) is 0.667. The average molecular weight is 426 g/mol. The molecule has 3 unspecified atom stereocenters. The normalized spacial score (nSPS) is 25.0. The second-order valence-electron chi connectivity index (χ2n) is 8.15. The maximum Gasteiger partial charge on any atom is 0.241 e. The molecule has 2 heterocycles.